The summed E-state index contributed by atoms with van der Waals surface area (Å²) in [7, 11) is 0. The molecule has 0 atom stereocenters. The molecule has 4 nitrogen and oxygen atoms in total. The number of hydrogen-bond acceptors (Lipinski definition) is 4. The van der Waals surface area contributed by atoms with Crippen molar-refractivity contribution < 1.29 is 18.7 Å². The first-order valence-electron chi connectivity index (χ1n) is 5.51. The van der Waals surface area contributed by atoms with Gasteiger partial charge in [0.2, 0.25) is 0 Å². The van der Waals surface area contributed by atoms with Crippen LogP contribution in [0.4, 0.5) is 4.39 Å². The summed E-state index contributed by atoms with van der Waals surface area (Å²) in [5.74, 6) is -1.17. The Hall–Kier alpha value is -2.04. The second kappa shape index (κ2) is 6.64. The fourth-order valence-corrected chi connectivity index (χ4v) is 1.30. The number of ether oxygens (including phenoxy) is 1. The van der Waals surface area contributed by atoms with E-state index in [1.807, 2.05) is 0 Å². The fourth-order valence-electron chi connectivity index (χ4n) is 1.30. The quantitative estimate of drug-likeness (QED) is 0.594. The van der Waals surface area contributed by atoms with Crippen molar-refractivity contribution in [1.82, 2.24) is 4.98 Å². The lowest BCUT2D eigenvalue weighted by molar-refractivity contribution is -0.142. The van der Waals surface area contributed by atoms with Gasteiger partial charge in [0.1, 0.15) is 5.82 Å². The molecule has 0 amide bonds. The zero-order valence-corrected chi connectivity index (χ0v) is 10.3. The maximum Gasteiger partial charge on any atom is 0.310 e. The van der Waals surface area contributed by atoms with Crippen LogP contribution in [0.1, 0.15) is 26.0 Å². The largest absolute Gasteiger partial charge is 0.466 e. The van der Waals surface area contributed by atoms with Gasteiger partial charge in [0.25, 0.3) is 0 Å². The van der Waals surface area contributed by atoms with Gasteiger partial charge in [-0.15, -0.1) is 0 Å². The molecule has 0 spiro atoms. The van der Waals surface area contributed by atoms with Crippen LogP contribution in [0.2, 0.25) is 0 Å². The predicted molar refractivity (Wildman–Crippen MR) is 64.1 cm³/mol. The van der Waals surface area contributed by atoms with E-state index in [-0.39, 0.29) is 24.4 Å². The molecule has 18 heavy (non-hydrogen) atoms. The molecular weight excluding hydrogens is 237 g/mol. The average Bonchev–Trinajstić information content (AvgIpc) is 2.31. The van der Waals surface area contributed by atoms with Gasteiger partial charge < -0.3 is 4.74 Å². The summed E-state index contributed by atoms with van der Waals surface area (Å²) in [4.78, 5) is 26.5. The van der Waals surface area contributed by atoms with Gasteiger partial charge in [0, 0.05) is 5.57 Å². The van der Waals surface area contributed by atoms with Gasteiger partial charge >= 0.3 is 5.97 Å². The van der Waals surface area contributed by atoms with Gasteiger partial charge in [-0.2, -0.15) is 0 Å². The number of carbonyl (C=O) groups is 2. The molecule has 1 aromatic rings. The van der Waals surface area contributed by atoms with Gasteiger partial charge in [-0.05, 0) is 32.1 Å². The van der Waals surface area contributed by atoms with Crippen molar-refractivity contribution in [2.75, 3.05) is 6.61 Å². The van der Waals surface area contributed by atoms with E-state index < -0.39 is 11.8 Å². The Bertz CT molecular complexity index is 466. The van der Waals surface area contributed by atoms with E-state index in [1.54, 1.807) is 6.92 Å². The number of nitrogens with zero attached hydrogens (tertiary/aromatic N) is 1. The van der Waals surface area contributed by atoms with Gasteiger partial charge in [0.05, 0.1) is 24.9 Å². The molecule has 96 valence electrons. The molecule has 0 N–H and O–H groups in total. The Balaban J connectivity index is 2.87. The molecule has 0 saturated heterocycles. The highest BCUT2D eigenvalue weighted by Gasteiger charge is 2.11. The first kappa shape index (κ1) is 14.0. The van der Waals surface area contributed by atoms with Crippen LogP contribution in [0, 0.1) is 5.82 Å². The second-order valence-electron chi connectivity index (χ2n) is 3.61. The molecule has 0 fully saturated rings. The standard InChI is InChI=1S/C13H14FNO3/c1-3-18-13(17)7-10(9(2)16)6-12-5-4-11(14)8-15-12/h4-6,8H,3,7H2,1-2H3. The second-order valence-corrected chi connectivity index (χ2v) is 3.61. The summed E-state index contributed by atoms with van der Waals surface area (Å²) in [6.07, 6.45) is 2.40. The number of esters is 1. The molecule has 0 aromatic carbocycles. The Morgan fingerprint density at radius 2 is 2.17 bits per heavy atom. The molecule has 1 heterocycles. The maximum atomic E-state index is 12.7. The smallest absolute Gasteiger partial charge is 0.310 e. The topological polar surface area (TPSA) is 56.3 Å². The van der Waals surface area contributed by atoms with E-state index in [1.165, 1.54) is 25.1 Å². The highest BCUT2D eigenvalue weighted by molar-refractivity contribution is 6.01. The molecule has 0 bridgehead atoms. The fraction of sp³-hybridized carbons (Fsp3) is 0.308. The Morgan fingerprint density at radius 1 is 1.44 bits per heavy atom. The third-order valence-corrected chi connectivity index (χ3v) is 2.16. The van der Waals surface area contributed by atoms with Crippen molar-refractivity contribution in [3.05, 3.63) is 35.4 Å². The third-order valence-electron chi connectivity index (χ3n) is 2.16. The summed E-state index contributed by atoms with van der Waals surface area (Å²) < 4.78 is 17.4. The first-order valence-corrected chi connectivity index (χ1v) is 5.51. The van der Waals surface area contributed by atoms with E-state index in [4.69, 9.17) is 4.74 Å². The number of carbonyl (C=O) groups excluding carboxylic acids is 2. The van der Waals surface area contributed by atoms with E-state index in [0.717, 1.165) is 6.20 Å². The Labute approximate surface area is 104 Å². The molecule has 1 aromatic heterocycles. The van der Waals surface area contributed by atoms with Crippen LogP contribution in [-0.2, 0) is 14.3 Å². The molecule has 1 rings (SSSR count). The summed E-state index contributed by atoms with van der Waals surface area (Å²) >= 11 is 0. The van der Waals surface area contributed by atoms with Crippen LogP contribution in [-0.4, -0.2) is 23.3 Å². The minimum atomic E-state index is -0.471. The molecule has 5 heteroatoms. The molecule has 0 aliphatic rings. The molecule has 0 radical (unpaired) electrons. The molecule has 0 unspecified atom stereocenters. The van der Waals surface area contributed by atoms with Crippen LogP contribution in [0.15, 0.2) is 23.9 Å². The van der Waals surface area contributed by atoms with Gasteiger partial charge in [-0.3, -0.25) is 14.6 Å². The average molecular weight is 251 g/mol. The van der Waals surface area contributed by atoms with Crippen LogP contribution >= 0.6 is 0 Å². The van der Waals surface area contributed by atoms with E-state index in [2.05, 4.69) is 4.98 Å². The summed E-state index contributed by atoms with van der Waals surface area (Å²) in [6, 6.07) is 2.67. The van der Waals surface area contributed by atoms with Crippen molar-refractivity contribution in [3.8, 4) is 0 Å². The zero-order valence-electron chi connectivity index (χ0n) is 10.3. The SMILES string of the molecule is CCOC(=O)CC(=Cc1ccc(F)cn1)C(C)=O. The maximum absolute atomic E-state index is 12.7. The summed E-state index contributed by atoms with van der Waals surface area (Å²) in [5.41, 5.74) is 0.707. The van der Waals surface area contributed by atoms with Crippen molar-refractivity contribution in [2.24, 2.45) is 0 Å². The van der Waals surface area contributed by atoms with Crippen LogP contribution in [0.5, 0.6) is 0 Å². The van der Waals surface area contributed by atoms with Crippen LogP contribution in [0.25, 0.3) is 6.08 Å². The van der Waals surface area contributed by atoms with E-state index in [9.17, 15) is 14.0 Å². The molecule has 0 saturated carbocycles. The number of aromatic nitrogens is 1. The predicted octanol–water partition coefficient (Wildman–Crippen LogP) is 2.15. The lowest BCUT2D eigenvalue weighted by Gasteiger charge is -2.04. The monoisotopic (exact) mass is 251 g/mol. The van der Waals surface area contributed by atoms with Gasteiger partial charge in [-0.25, -0.2) is 4.39 Å². The van der Waals surface area contributed by atoms with Crippen molar-refractivity contribution >= 4 is 17.8 Å². The van der Waals surface area contributed by atoms with Crippen molar-refractivity contribution in [1.29, 1.82) is 0 Å². The number of Topliss-reactive ketones (excluding diaryl/α,β-unsaturated/α-hetero) is 1. The summed E-state index contributed by atoms with van der Waals surface area (Å²) in [5, 5.41) is 0. The molecule has 0 aliphatic heterocycles. The summed E-state index contributed by atoms with van der Waals surface area (Å²) in [6.45, 7) is 3.31. The van der Waals surface area contributed by atoms with E-state index in [0.29, 0.717) is 5.69 Å². The number of pyridine rings is 1. The van der Waals surface area contributed by atoms with Crippen molar-refractivity contribution in [3.63, 3.8) is 0 Å². The Kier molecular flexibility index (Phi) is 5.17. The number of ketones is 1. The highest BCUT2D eigenvalue weighted by atomic mass is 19.1. The van der Waals surface area contributed by atoms with E-state index >= 15 is 0 Å². The number of hydrogen-bond donors (Lipinski definition) is 0. The molecular formula is C13H14FNO3. The van der Waals surface area contributed by atoms with Crippen molar-refractivity contribution in [2.45, 2.75) is 20.3 Å². The highest BCUT2D eigenvalue weighted by Crippen LogP contribution is 2.10. The van der Waals surface area contributed by atoms with Gasteiger partial charge in [0.15, 0.2) is 5.78 Å². The zero-order chi connectivity index (χ0) is 13.5. The normalized spacial score (nSPS) is 11.2. The first-order chi connectivity index (χ1) is 8.52. The number of halogens is 1. The lowest BCUT2D eigenvalue weighted by Crippen LogP contribution is -2.09. The van der Waals surface area contributed by atoms with Crippen LogP contribution < -0.4 is 0 Å². The number of rotatable bonds is 5. The Morgan fingerprint density at radius 3 is 2.67 bits per heavy atom. The van der Waals surface area contributed by atoms with Gasteiger partial charge in [-0.1, -0.05) is 0 Å². The minimum Gasteiger partial charge on any atom is -0.466 e. The molecule has 0 aliphatic carbocycles. The minimum absolute atomic E-state index is 0.109. The van der Waals surface area contributed by atoms with Crippen LogP contribution in [0.3, 0.4) is 0 Å². The lowest BCUT2D eigenvalue weighted by atomic mass is 10.1. The third kappa shape index (κ3) is 4.45.